The molecule has 8 heavy (non-hydrogen) atoms. The summed E-state index contributed by atoms with van der Waals surface area (Å²) < 4.78 is 43.1. The summed E-state index contributed by atoms with van der Waals surface area (Å²) in [7, 11) is 0. The second-order valence-electron chi connectivity index (χ2n) is 0.630. The van der Waals surface area contributed by atoms with Gasteiger partial charge in [0.05, 0.1) is 0 Å². The SMILES string of the molecule is [Na+].[Na+].[O]=[Mn](=[O])(=[O])([O-])[O-]. The van der Waals surface area contributed by atoms with E-state index in [0.29, 0.717) is 0 Å². The first kappa shape index (κ1) is 16.4. The molecule has 0 aliphatic heterocycles. The molecule has 0 aromatic heterocycles. The van der Waals surface area contributed by atoms with Gasteiger partial charge in [0.15, 0.2) is 0 Å². The molecule has 0 heterocycles. The maximum absolute atomic E-state index is 8.61. The molecule has 0 atom stereocenters. The molecule has 0 rings (SSSR count). The van der Waals surface area contributed by atoms with Gasteiger partial charge in [-0.15, -0.1) is 0 Å². The van der Waals surface area contributed by atoms with Crippen molar-refractivity contribution in [3.05, 3.63) is 0 Å². The third-order valence-electron chi connectivity index (χ3n) is 0. The Morgan fingerprint density at radius 3 is 0.875 bits per heavy atom. The Morgan fingerprint density at radius 2 is 0.875 bits per heavy atom. The summed E-state index contributed by atoms with van der Waals surface area (Å²) >= 11 is -7.51. The first-order valence-corrected chi connectivity index (χ1v) is 3.18. The zero-order chi connectivity index (χ0) is 5.45. The molecule has 0 unspecified atom stereocenters. The topological polar surface area (TPSA) is 97.3 Å². The molecule has 0 aliphatic rings. The summed E-state index contributed by atoms with van der Waals surface area (Å²) in [5.41, 5.74) is 0. The van der Waals surface area contributed by atoms with E-state index in [4.69, 9.17) is 19.9 Å². The Morgan fingerprint density at radius 1 is 0.875 bits per heavy atom. The predicted molar refractivity (Wildman–Crippen MR) is 2.06 cm³/mol. The molecule has 0 spiro atoms. The fourth-order valence-corrected chi connectivity index (χ4v) is 0. The third-order valence-corrected chi connectivity index (χ3v) is 0. The van der Waals surface area contributed by atoms with Crippen LogP contribution in [0.1, 0.15) is 0 Å². The second-order valence-corrected chi connectivity index (χ2v) is 2.60. The molecule has 0 N–H and O–H groups in total. The van der Waals surface area contributed by atoms with Crippen LogP contribution in [0.4, 0.5) is 0 Å². The molecule has 8 heteroatoms. The van der Waals surface area contributed by atoms with Crippen molar-refractivity contribution < 1.29 is 91.2 Å². The molecule has 0 aliphatic carbocycles. The van der Waals surface area contributed by atoms with Crippen LogP contribution in [0.3, 0.4) is 0 Å². The van der Waals surface area contributed by atoms with E-state index in [2.05, 4.69) is 0 Å². The molecule has 0 fully saturated rings. The standard InChI is InChI=1S/Mn.2Na.5O/q;2*+1;;;;2*-1. The molecular formula is MnNa2O5. The van der Waals surface area contributed by atoms with Gasteiger partial charge in [-0.25, -0.2) is 0 Å². The fourth-order valence-electron chi connectivity index (χ4n) is 0. The third kappa shape index (κ3) is 108. The van der Waals surface area contributed by atoms with Crippen molar-refractivity contribution in [1.82, 2.24) is 0 Å². The molecule has 0 bridgehead atoms. The Bertz CT molecular complexity index is 189. The summed E-state index contributed by atoms with van der Waals surface area (Å²) in [5, 5.41) is 0. The van der Waals surface area contributed by atoms with Crippen LogP contribution in [0.15, 0.2) is 0 Å². The van der Waals surface area contributed by atoms with Crippen LogP contribution in [0.2, 0.25) is 0 Å². The van der Waals surface area contributed by atoms with Crippen LogP contribution in [0, 0.1) is 0 Å². The first-order chi connectivity index (χ1) is 2.24. The van der Waals surface area contributed by atoms with Crippen molar-refractivity contribution in [1.29, 1.82) is 0 Å². The Hall–Kier alpha value is 1.84. The summed E-state index contributed by atoms with van der Waals surface area (Å²) in [6.07, 6.45) is 0. The average molecular weight is 181 g/mol. The van der Waals surface area contributed by atoms with E-state index in [9.17, 15) is 0 Å². The van der Waals surface area contributed by atoms with Gasteiger partial charge < -0.3 is 0 Å². The number of hydrogen-bond acceptors (Lipinski definition) is 5. The molecular weight excluding hydrogens is 181 g/mol. The van der Waals surface area contributed by atoms with Crippen LogP contribution < -0.4 is 67.5 Å². The minimum absolute atomic E-state index is 0. The minimum atomic E-state index is -7.51. The molecule has 0 radical (unpaired) electrons. The molecule has 0 aromatic rings. The van der Waals surface area contributed by atoms with Crippen molar-refractivity contribution in [2.75, 3.05) is 0 Å². The van der Waals surface area contributed by atoms with Gasteiger partial charge in [0.25, 0.3) is 0 Å². The van der Waals surface area contributed by atoms with E-state index in [1.165, 1.54) is 0 Å². The first-order valence-electron chi connectivity index (χ1n) is 0.772. The van der Waals surface area contributed by atoms with Crippen molar-refractivity contribution >= 4 is 0 Å². The summed E-state index contributed by atoms with van der Waals surface area (Å²) in [5.74, 6) is 0. The fraction of sp³-hybridized carbons (Fsp3) is 0. The van der Waals surface area contributed by atoms with E-state index in [-0.39, 0.29) is 59.1 Å². The van der Waals surface area contributed by atoms with E-state index < -0.39 is 12.2 Å². The Labute approximate surface area is 89.9 Å². The summed E-state index contributed by atoms with van der Waals surface area (Å²) in [4.78, 5) is 0. The predicted octanol–water partition coefficient (Wildman–Crippen LogP) is -8.73. The summed E-state index contributed by atoms with van der Waals surface area (Å²) in [6.45, 7) is 0. The van der Waals surface area contributed by atoms with Crippen molar-refractivity contribution in [2.45, 2.75) is 0 Å². The molecule has 0 aromatic carbocycles. The molecule has 0 saturated heterocycles. The molecule has 0 amide bonds. The maximum atomic E-state index is 8.61. The number of hydrogen-bond donors (Lipinski definition) is 0. The van der Waals surface area contributed by atoms with E-state index in [1.807, 2.05) is 0 Å². The van der Waals surface area contributed by atoms with Gasteiger partial charge in [-0.1, -0.05) is 0 Å². The van der Waals surface area contributed by atoms with Crippen LogP contribution in [0.5, 0.6) is 0 Å². The van der Waals surface area contributed by atoms with Gasteiger partial charge in [0.2, 0.25) is 0 Å². The second kappa shape index (κ2) is 3.88. The Balaban J connectivity index is -0.000000125. The van der Waals surface area contributed by atoms with Gasteiger partial charge in [-0.05, 0) is 0 Å². The van der Waals surface area contributed by atoms with E-state index in [0.717, 1.165) is 0 Å². The summed E-state index contributed by atoms with van der Waals surface area (Å²) in [6, 6.07) is 0. The quantitative estimate of drug-likeness (QED) is 0.345. The van der Waals surface area contributed by atoms with E-state index >= 15 is 0 Å². The van der Waals surface area contributed by atoms with Gasteiger partial charge in [0, 0.05) is 0 Å². The van der Waals surface area contributed by atoms with Gasteiger partial charge in [0.1, 0.15) is 0 Å². The molecule has 39 valence electrons. The normalized spacial score (nSPS) is 14.0. The molecule has 5 nitrogen and oxygen atoms in total. The molecule has 0 saturated carbocycles. The monoisotopic (exact) mass is 181 g/mol. The van der Waals surface area contributed by atoms with Crippen LogP contribution >= 0.6 is 0 Å². The van der Waals surface area contributed by atoms with Gasteiger partial charge in [-0.2, -0.15) is 0 Å². The van der Waals surface area contributed by atoms with Crippen LogP contribution in [0.25, 0.3) is 0 Å². The zero-order valence-corrected chi connectivity index (χ0v) is 9.60. The van der Waals surface area contributed by atoms with Gasteiger partial charge in [-0.3, -0.25) is 0 Å². The van der Waals surface area contributed by atoms with Crippen LogP contribution in [-0.4, -0.2) is 0 Å². The Kier molecular flexibility index (Phi) is 7.96. The van der Waals surface area contributed by atoms with Crippen LogP contribution in [-0.2, 0) is 23.7 Å². The number of rotatable bonds is 0. The van der Waals surface area contributed by atoms with E-state index in [1.54, 1.807) is 0 Å². The van der Waals surface area contributed by atoms with Crippen molar-refractivity contribution in [3.63, 3.8) is 0 Å². The zero-order valence-electron chi connectivity index (χ0n) is 4.42. The van der Waals surface area contributed by atoms with Gasteiger partial charge >= 0.3 is 91.2 Å². The average Bonchev–Trinajstić information content (AvgIpc) is 0.650. The van der Waals surface area contributed by atoms with Crippen molar-refractivity contribution in [3.8, 4) is 0 Å². The van der Waals surface area contributed by atoms with Crippen molar-refractivity contribution in [2.24, 2.45) is 0 Å².